The van der Waals surface area contributed by atoms with Gasteiger partial charge in [0.05, 0.1) is 78.7 Å². The van der Waals surface area contributed by atoms with E-state index in [9.17, 15) is 9.59 Å². The Bertz CT molecular complexity index is 3880. The molecule has 12 rings (SSSR count). The van der Waals surface area contributed by atoms with E-state index in [1.165, 1.54) is 14.2 Å². The van der Waals surface area contributed by atoms with E-state index >= 15 is 0 Å². The van der Waals surface area contributed by atoms with Crippen LogP contribution in [0, 0.1) is 0 Å². The highest BCUT2D eigenvalue weighted by atomic mass is 16.8. The van der Waals surface area contributed by atoms with Crippen molar-refractivity contribution in [3.63, 3.8) is 0 Å². The third-order valence-corrected chi connectivity index (χ3v) is 18.1. The van der Waals surface area contributed by atoms with Crippen LogP contribution in [0.25, 0.3) is 0 Å². The van der Waals surface area contributed by atoms with Crippen molar-refractivity contribution in [2.75, 3.05) is 40.6 Å². The number of esters is 2. The van der Waals surface area contributed by atoms with Crippen molar-refractivity contribution in [1.29, 1.82) is 0 Å². The fourth-order valence-electron chi connectivity index (χ4n) is 12.8. The summed E-state index contributed by atoms with van der Waals surface area (Å²) in [7, 11) is 2.80. The smallest absolute Gasteiger partial charge is 0.338 e. The number of carbonyl (C=O) groups is 2. The molecule has 0 aliphatic carbocycles. The van der Waals surface area contributed by atoms with E-state index in [0.717, 1.165) is 44.5 Å². The third kappa shape index (κ3) is 21.7. The molecule has 0 unspecified atom stereocenters. The maximum Gasteiger partial charge on any atom is 0.338 e. The van der Waals surface area contributed by atoms with Gasteiger partial charge in [-0.3, -0.25) is 0 Å². The molecule has 0 saturated carbocycles. The minimum atomic E-state index is -1.47. The molecule has 3 fully saturated rings. The first-order valence-corrected chi connectivity index (χ1v) is 35.2. The summed E-state index contributed by atoms with van der Waals surface area (Å²) >= 11 is 0. The molecule has 0 N–H and O–H groups in total. The van der Waals surface area contributed by atoms with Crippen LogP contribution in [0.15, 0.2) is 273 Å². The highest BCUT2D eigenvalue weighted by Crippen LogP contribution is 2.40. The first kappa shape index (κ1) is 75.0. The zero-order valence-corrected chi connectivity index (χ0v) is 58.4. The van der Waals surface area contributed by atoms with Gasteiger partial charge in [0, 0.05) is 7.11 Å². The van der Waals surface area contributed by atoms with E-state index in [4.69, 9.17) is 80.5 Å². The SMILES string of the molecule is COC(=O)COC[C@H]1O[C@@H](OC)[C@H](OCc2ccccc2)[C@@H](OCc2ccccc2)[C@@H]1O[C@@H]1O[C@H](COC(=O)c2ccccc2)[C@H](O[C@H]2O[C@H](COCc3ccccc3)[C@H](OCc3ccccc3)[C@H](OCc3ccccc3)[C@H]2OCc2ccccc2)[C@H](OCc2ccccc2)[C@H]1OCc1ccccc1. The molecule has 9 aromatic carbocycles. The molecule has 0 bridgehead atoms. The van der Waals surface area contributed by atoms with Gasteiger partial charge < -0.3 is 80.5 Å². The number of hydrogen-bond donors (Lipinski definition) is 0. The van der Waals surface area contributed by atoms with Gasteiger partial charge in [-0.15, -0.1) is 0 Å². The molecule has 104 heavy (non-hydrogen) atoms. The molecule has 19 heteroatoms. The van der Waals surface area contributed by atoms with Gasteiger partial charge in [-0.25, -0.2) is 9.59 Å². The van der Waals surface area contributed by atoms with Crippen molar-refractivity contribution in [3.8, 4) is 0 Å². The summed E-state index contributed by atoms with van der Waals surface area (Å²) in [5.74, 6) is -1.26. The standard InChI is InChI=1S/C85H90O19/c1-88-72(86)59-91-57-70-74(77(94-51-63-36-18-6-19-37-63)79(83(89-2)100-70)96-53-65-40-22-8-23-41-65)103-85-81(98-55-67-44-26-10-27-45-67)78(95-52-64-38-20-7-21-39-64)75(71(102-85)58-99-82(87)68-46-28-11-29-47-68)104-84-80(97-54-66-42-24-9-25-43-66)76(93-50-62-34-16-5-17-35-62)73(92-49-61-32-14-4-15-33-61)69(101-84)56-90-48-60-30-12-3-13-31-60/h3-47,69-71,73-81,83-85H,48-59H2,1-2H3/t69-,70-,71-,73+,74-,75+,76+,77+,78+,79-,80-,81-,83-,84-,85+/m1/s1. The number of benzene rings is 9. The number of rotatable bonds is 37. The number of methoxy groups -OCH3 is 2. The quantitative estimate of drug-likeness (QED) is 0.0334. The number of ether oxygens (including phenoxy) is 17. The summed E-state index contributed by atoms with van der Waals surface area (Å²) < 4.78 is 118. The van der Waals surface area contributed by atoms with Gasteiger partial charge in [0.25, 0.3) is 0 Å². The van der Waals surface area contributed by atoms with Crippen LogP contribution in [-0.2, 0) is 138 Å². The lowest BCUT2D eigenvalue weighted by atomic mass is 9.95. The molecule has 0 radical (unpaired) electrons. The highest BCUT2D eigenvalue weighted by molar-refractivity contribution is 5.89. The Morgan fingerprint density at radius 1 is 0.288 bits per heavy atom. The Hall–Kier alpha value is -8.68. The van der Waals surface area contributed by atoms with Crippen molar-refractivity contribution < 1.29 is 90.1 Å². The summed E-state index contributed by atoms with van der Waals surface area (Å²) in [5, 5.41) is 0. The predicted octanol–water partition coefficient (Wildman–Crippen LogP) is 12.9. The summed E-state index contributed by atoms with van der Waals surface area (Å²) in [6, 6.07) is 86.9. The highest BCUT2D eigenvalue weighted by Gasteiger charge is 2.57. The van der Waals surface area contributed by atoms with E-state index in [2.05, 4.69) is 0 Å². The molecule has 0 spiro atoms. The van der Waals surface area contributed by atoms with Gasteiger partial charge in [0.1, 0.15) is 86.5 Å². The molecular weight excluding hydrogens is 1320 g/mol. The summed E-state index contributed by atoms with van der Waals surface area (Å²) in [6.45, 7) is -0.188. The maximum absolute atomic E-state index is 14.6. The lowest BCUT2D eigenvalue weighted by Gasteiger charge is -2.51. The molecule has 3 heterocycles. The third-order valence-electron chi connectivity index (χ3n) is 18.1. The van der Waals surface area contributed by atoms with Gasteiger partial charge >= 0.3 is 11.9 Å². The predicted molar refractivity (Wildman–Crippen MR) is 384 cm³/mol. The van der Waals surface area contributed by atoms with Crippen LogP contribution >= 0.6 is 0 Å². The monoisotopic (exact) mass is 1410 g/mol. The van der Waals surface area contributed by atoms with Gasteiger partial charge in [0.15, 0.2) is 18.9 Å². The van der Waals surface area contributed by atoms with Crippen LogP contribution in [0.1, 0.15) is 54.9 Å². The molecule has 0 aromatic heterocycles. The fraction of sp³-hybridized carbons (Fsp3) is 0.341. The molecule has 9 aromatic rings. The van der Waals surface area contributed by atoms with Gasteiger partial charge in [-0.2, -0.15) is 0 Å². The second-order valence-electron chi connectivity index (χ2n) is 25.5. The van der Waals surface area contributed by atoms with Crippen LogP contribution in [0.5, 0.6) is 0 Å². The maximum atomic E-state index is 14.6. The normalized spacial score (nSPS) is 24.7. The second kappa shape index (κ2) is 40.0. The molecular formula is C85H90O19. The van der Waals surface area contributed by atoms with E-state index in [-0.39, 0.29) is 66.1 Å². The summed E-state index contributed by atoms with van der Waals surface area (Å²) in [4.78, 5) is 27.4. The zero-order valence-electron chi connectivity index (χ0n) is 58.4. The number of carbonyl (C=O) groups excluding carboxylic acids is 2. The molecule has 15 atom stereocenters. The lowest BCUT2D eigenvalue weighted by Crippen LogP contribution is -2.68. The second-order valence-corrected chi connectivity index (χ2v) is 25.5. The molecule has 19 nitrogen and oxygen atoms in total. The lowest BCUT2D eigenvalue weighted by molar-refractivity contribution is -0.393. The van der Waals surface area contributed by atoms with Crippen LogP contribution in [-0.4, -0.2) is 145 Å². The van der Waals surface area contributed by atoms with Crippen LogP contribution in [0.3, 0.4) is 0 Å². The largest absolute Gasteiger partial charge is 0.467 e. The van der Waals surface area contributed by atoms with E-state index < -0.39 is 117 Å². The Morgan fingerprint density at radius 2 is 0.558 bits per heavy atom. The average molecular weight is 1420 g/mol. The topological polar surface area (TPSA) is 191 Å². The Balaban J connectivity index is 0.995. The van der Waals surface area contributed by atoms with E-state index in [0.29, 0.717) is 5.56 Å². The molecule has 3 saturated heterocycles. The minimum absolute atomic E-state index is 0.00896. The van der Waals surface area contributed by atoms with Crippen molar-refractivity contribution in [2.45, 2.75) is 145 Å². The van der Waals surface area contributed by atoms with Crippen molar-refractivity contribution in [2.24, 2.45) is 0 Å². The fourth-order valence-corrected chi connectivity index (χ4v) is 12.8. The van der Waals surface area contributed by atoms with Crippen LogP contribution in [0.2, 0.25) is 0 Å². The van der Waals surface area contributed by atoms with Gasteiger partial charge in [-0.1, -0.05) is 261 Å². The first-order valence-electron chi connectivity index (χ1n) is 35.2. The summed E-state index contributed by atoms with van der Waals surface area (Å²) in [6.07, 6.45) is -17.0. The Kier molecular flexibility index (Phi) is 28.8. The number of hydrogen-bond acceptors (Lipinski definition) is 19. The molecule has 544 valence electrons. The zero-order chi connectivity index (χ0) is 71.3. The minimum Gasteiger partial charge on any atom is -0.467 e. The van der Waals surface area contributed by atoms with Crippen molar-refractivity contribution in [3.05, 3.63) is 323 Å². The Labute approximate surface area is 607 Å². The van der Waals surface area contributed by atoms with Crippen LogP contribution < -0.4 is 0 Å². The van der Waals surface area contributed by atoms with Crippen molar-refractivity contribution in [1.82, 2.24) is 0 Å². The molecule has 3 aliphatic heterocycles. The first-order chi connectivity index (χ1) is 51.3. The summed E-state index contributed by atoms with van der Waals surface area (Å²) in [5.41, 5.74) is 7.27. The van der Waals surface area contributed by atoms with Crippen molar-refractivity contribution >= 4 is 11.9 Å². The molecule has 3 aliphatic rings. The van der Waals surface area contributed by atoms with E-state index in [1.54, 1.807) is 24.3 Å². The van der Waals surface area contributed by atoms with E-state index in [1.807, 2.05) is 249 Å². The molecule has 0 amide bonds. The van der Waals surface area contributed by atoms with Gasteiger partial charge in [-0.05, 0) is 56.6 Å². The average Bonchev–Trinajstić information content (AvgIpc) is 0.766. The van der Waals surface area contributed by atoms with Gasteiger partial charge in [0.2, 0.25) is 0 Å². The Morgan fingerprint density at radius 3 is 0.904 bits per heavy atom. The van der Waals surface area contributed by atoms with Crippen LogP contribution in [0.4, 0.5) is 0 Å².